The number of hydrogen-bond acceptors (Lipinski definition) is 8. The van der Waals surface area contributed by atoms with Crippen LogP contribution >= 0.6 is 0 Å². The third-order valence-corrected chi connectivity index (χ3v) is 11.4. The van der Waals surface area contributed by atoms with Crippen LogP contribution in [0.1, 0.15) is 70.2 Å². The van der Waals surface area contributed by atoms with Crippen molar-refractivity contribution in [3.05, 3.63) is 96.9 Å². The van der Waals surface area contributed by atoms with Crippen molar-refractivity contribution in [1.29, 1.82) is 0 Å². The van der Waals surface area contributed by atoms with Gasteiger partial charge in [0.1, 0.15) is 24.2 Å². The van der Waals surface area contributed by atoms with Crippen molar-refractivity contribution in [3.8, 4) is 33.6 Å². The van der Waals surface area contributed by atoms with Crippen LogP contribution in [0, 0.1) is 11.8 Å². The third-order valence-electron chi connectivity index (χ3n) is 11.4. The molecule has 14 nitrogen and oxygen atoms in total. The first-order valence-corrected chi connectivity index (χ1v) is 20.2. The number of H-pyrrole nitrogens is 2. The molecule has 0 spiro atoms. The molecule has 308 valence electrons. The number of rotatable bonds is 10. The average Bonchev–Trinajstić information content (AvgIpc) is 3.96. The van der Waals surface area contributed by atoms with Crippen LogP contribution in [0.25, 0.3) is 44.4 Å². The van der Waals surface area contributed by atoms with Crippen LogP contribution in [-0.2, 0) is 19.1 Å². The molecule has 7 rings (SSSR count). The summed E-state index contributed by atoms with van der Waals surface area (Å²) in [6.45, 7) is 7.08. The third kappa shape index (κ3) is 9.16. The summed E-state index contributed by atoms with van der Waals surface area (Å²) in [6, 6.07) is 19.8. The van der Waals surface area contributed by atoms with Crippen molar-refractivity contribution >= 4 is 34.8 Å². The number of aromatic amines is 2. The van der Waals surface area contributed by atoms with Gasteiger partial charge in [0.15, 0.2) is 0 Å². The number of carbonyl (C=O) groups excluding carboxylic acids is 4. The number of aromatic nitrogens is 4. The second kappa shape index (κ2) is 18.0. The molecule has 0 saturated carbocycles. The van der Waals surface area contributed by atoms with Crippen LogP contribution < -0.4 is 10.6 Å². The van der Waals surface area contributed by atoms with Gasteiger partial charge < -0.3 is 39.9 Å². The Kier molecular flexibility index (Phi) is 12.4. The van der Waals surface area contributed by atoms with Gasteiger partial charge in [-0.1, -0.05) is 74.5 Å². The molecule has 2 saturated heterocycles. The lowest BCUT2D eigenvalue weighted by Gasteiger charge is -2.39. The molecule has 2 aliphatic rings. The highest BCUT2D eigenvalue weighted by Gasteiger charge is 2.36. The number of alkyl carbamates (subject to hydrolysis) is 2. The number of allylic oxidation sites excluding steroid dienone is 1. The number of benzene rings is 3. The maximum atomic E-state index is 13.7. The fourth-order valence-corrected chi connectivity index (χ4v) is 8.20. The minimum absolute atomic E-state index is 0.132. The highest BCUT2D eigenvalue weighted by molar-refractivity contribution is 5.91. The van der Waals surface area contributed by atoms with E-state index in [1.165, 1.54) is 14.2 Å². The van der Waals surface area contributed by atoms with Gasteiger partial charge in [-0.15, -0.1) is 0 Å². The van der Waals surface area contributed by atoms with Crippen LogP contribution in [0.15, 0.2) is 85.2 Å². The van der Waals surface area contributed by atoms with Crippen molar-refractivity contribution in [2.24, 2.45) is 11.8 Å². The van der Waals surface area contributed by atoms with E-state index in [4.69, 9.17) is 14.7 Å². The van der Waals surface area contributed by atoms with Gasteiger partial charge in [-0.25, -0.2) is 19.6 Å². The lowest BCUT2D eigenvalue weighted by atomic mass is 9.93. The van der Waals surface area contributed by atoms with E-state index in [0.717, 1.165) is 75.9 Å². The molecule has 2 aromatic heterocycles. The van der Waals surface area contributed by atoms with Gasteiger partial charge >= 0.3 is 12.2 Å². The Hall–Kier alpha value is -6.44. The normalized spacial score (nSPS) is 20.0. The van der Waals surface area contributed by atoms with Crippen molar-refractivity contribution in [2.75, 3.05) is 33.9 Å². The predicted molar refractivity (Wildman–Crippen MR) is 225 cm³/mol. The summed E-state index contributed by atoms with van der Waals surface area (Å²) in [7, 11) is 2.55. The molecule has 4 N–H and O–H groups in total. The zero-order valence-electron chi connectivity index (χ0n) is 34.2. The number of carbonyl (C=O) groups is 4. The van der Waals surface area contributed by atoms with Gasteiger partial charge in [0.05, 0.1) is 50.1 Å². The van der Waals surface area contributed by atoms with Crippen LogP contribution in [0.3, 0.4) is 0 Å². The molecule has 5 unspecified atom stereocenters. The Morgan fingerprint density at radius 1 is 0.729 bits per heavy atom. The van der Waals surface area contributed by atoms with E-state index in [0.29, 0.717) is 30.7 Å². The van der Waals surface area contributed by atoms with Crippen molar-refractivity contribution < 1.29 is 28.7 Å². The standard InChI is InChI=1S/C45H52N8O6/c1-6-7-35(51-45(57)59-5)43(55)53-26-28(3)9-19-39(53)42-46-22-36(49-42)30-12-10-29(11-13-30)31-14-15-33-21-34(17-16-32(33)20-31)37-23-47-41(50-37)38-18-8-27(2)25-52(38)40(54)24-48-44(56)58-4/h6-7,10-17,20-23,27-28,35,38-39H,8-9,18-19,24-26H2,1-5H3,(H,46,49)(H,47,50)(H,48,56)(H,51,57). The maximum Gasteiger partial charge on any atom is 0.407 e. The largest absolute Gasteiger partial charge is 0.453 e. The van der Waals surface area contributed by atoms with Crippen LogP contribution in [0.4, 0.5) is 9.59 Å². The molecule has 5 atom stereocenters. The highest BCUT2D eigenvalue weighted by Crippen LogP contribution is 2.36. The smallest absolute Gasteiger partial charge is 0.407 e. The summed E-state index contributed by atoms with van der Waals surface area (Å²) < 4.78 is 9.40. The van der Waals surface area contributed by atoms with Gasteiger partial charge in [-0.05, 0) is 84.0 Å². The zero-order chi connectivity index (χ0) is 41.6. The fraction of sp³-hybridized carbons (Fsp3) is 0.378. The van der Waals surface area contributed by atoms with E-state index in [2.05, 4.69) is 99.8 Å². The first-order chi connectivity index (χ1) is 28.5. The summed E-state index contributed by atoms with van der Waals surface area (Å²) in [5.41, 5.74) is 5.86. The summed E-state index contributed by atoms with van der Waals surface area (Å²) >= 11 is 0. The van der Waals surface area contributed by atoms with Crippen LogP contribution in [0.5, 0.6) is 0 Å². The van der Waals surface area contributed by atoms with Crippen LogP contribution in [0.2, 0.25) is 0 Å². The molecule has 5 aromatic rings. The summed E-state index contributed by atoms with van der Waals surface area (Å²) in [4.78, 5) is 70.5. The summed E-state index contributed by atoms with van der Waals surface area (Å²) in [6.07, 6.45) is 9.21. The van der Waals surface area contributed by atoms with Crippen LogP contribution in [-0.4, -0.2) is 93.6 Å². The highest BCUT2D eigenvalue weighted by atomic mass is 16.5. The first kappa shape index (κ1) is 40.7. The van der Waals surface area contributed by atoms with E-state index in [1.807, 2.05) is 24.2 Å². The minimum Gasteiger partial charge on any atom is -0.453 e. The Labute approximate surface area is 343 Å². The number of ether oxygens (including phenoxy) is 2. The Balaban J connectivity index is 1.04. The number of piperidine rings is 2. The van der Waals surface area contributed by atoms with Gasteiger partial charge in [0, 0.05) is 18.7 Å². The fourth-order valence-electron chi connectivity index (χ4n) is 8.20. The van der Waals surface area contributed by atoms with Gasteiger partial charge in [-0.3, -0.25) is 9.59 Å². The monoisotopic (exact) mass is 800 g/mol. The van der Waals surface area contributed by atoms with E-state index in [-0.39, 0.29) is 30.4 Å². The molecule has 0 aliphatic carbocycles. The molecule has 2 aliphatic heterocycles. The van der Waals surface area contributed by atoms with E-state index >= 15 is 0 Å². The van der Waals surface area contributed by atoms with E-state index in [9.17, 15) is 19.2 Å². The maximum absolute atomic E-state index is 13.7. The van der Waals surface area contributed by atoms with Gasteiger partial charge in [0.2, 0.25) is 11.8 Å². The molecule has 4 heterocycles. The van der Waals surface area contributed by atoms with Crippen molar-refractivity contribution in [1.82, 2.24) is 40.4 Å². The van der Waals surface area contributed by atoms with Crippen molar-refractivity contribution in [3.63, 3.8) is 0 Å². The predicted octanol–water partition coefficient (Wildman–Crippen LogP) is 7.54. The second-order valence-electron chi connectivity index (χ2n) is 15.6. The topological polar surface area (TPSA) is 175 Å². The number of likely N-dealkylation sites (tertiary alicyclic amines) is 2. The lowest BCUT2D eigenvalue weighted by Crippen LogP contribution is -2.51. The molecule has 0 bridgehead atoms. The molecule has 0 radical (unpaired) electrons. The van der Waals surface area contributed by atoms with Gasteiger partial charge in [-0.2, -0.15) is 0 Å². The molecular formula is C45H52N8O6. The molecule has 2 fully saturated rings. The lowest BCUT2D eigenvalue weighted by molar-refractivity contribution is -0.137. The number of fused-ring (bicyclic) bond motifs is 1. The zero-order valence-corrected chi connectivity index (χ0v) is 34.2. The summed E-state index contributed by atoms with van der Waals surface area (Å²) in [5.74, 6) is 1.73. The van der Waals surface area contributed by atoms with Gasteiger partial charge in [0.25, 0.3) is 0 Å². The molecule has 59 heavy (non-hydrogen) atoms. The Morgan fingerprint density at radius 2 is 1.25 bits per heavy atom. The number of amides is 4. The van der Waals surface area contributed by atoms with E-state index < -0.39 is 18.2 Å². The molecule has 4 amide bonds. The molecule has 14 heteroatoms. The van der Waals surface area contributed by atoms with Crippen molar-refractivity contribution in [2.45, 2.75) is 64.6 Å². The first-order valence-electron chi connectivity index (χ1n) is 20.2. The number of hydrogen-bond donors (Lipinski definition) is 4. The number of nitrogens with one attached hydrogen (secondary N) is 4. The SMILES string of the molecule is CC=CC(NC(=O)OC)C(=O)N1CC(C)CCC1c1ncc(-c2ccc(-c3ccc4cc(-c5cnc(C6CCC(C)CN6C(=O)CNC(=O)OC)[nH]5)ccc4c3)cc2)[nH]1. The quantitative estimate of drug-likeness (QED) is 0.105. The minimum atomic E-state index is -0.837. The molecule has 3 aromatic carbocycles. The van der Waals surface area contributed by atoms with E-state index in [1.54, 1.807) is 17.1 Å². The Morgan fingerprint density at radius 3 is 1.86 bits per heavy atom. The second-order valence-corrected chi connectivity index (χ2v) is 15.6. The number of nitrogens with zero attached hydrogens (tertiary/aromatic N) is 4. The number of methoxy groups -OCH3 is 2. The number of imidazole rings is 2. The average molecular weight is 801 g/mol. The Bertz CT molecular complexity index is 2330. The summed E-state index contributed by atoms with van der Waals surface area (Å²) in [5, 5.41) is 7.34. The molecular weight excluding hydrogens is 749 g/mol.